The summed E-state index contributed by atoms with van der Waals surface area (Å²) in [5.41, 5.74) is -0.130. The van der Waals surface area contributed by atoms with Gasteiger partial charge in [-0.2, -0.15) is 0 Å². The fourth-order valence-electron chi connectivity index (χ4n) is 1.84. The van der Waals surface area contributed by atoms with Crippen molar-refractivity contribution in [3.63, 3.8) is 0 Å². The number of carbonyl (C=O) groups excluding carboxylic acids is 1. The third kappa shape index (κ3) is 4.49. The van der Waals surface area contributed by atoms with Crippen LogP contribution in [0.15, 0.2) is 12.3 Å². The molecule has 1 aromatic heterocycles. The zero-order valence-electron chi connectivity index (χ0n) is 12.1. The number of amides is 1. The molecule has 3 N–H and O–H groups in total. The van der Waals surface area contributed by atoms with Crippen molar-refractivity contribution in [1.29, 1.82) is 0 Å². The van der Waals surface area contributed by atoms with E-state index >= 15 is 0 Å². The minimum Gasteiger partial charge on any atom is -0.480 e. The van der Waals surface area contributed by atoms with Crippen molar-refractivity contribution in [3.8, 4) is 0 Å². The van der Waals surface area contributed by atoms with Gasteiger partial charge < -0.3 is 15.5 Å². The van der Waals surface area contributed by atoms with Gasteiger partial charge in [-0.1, -0.05) is 13.8 Å². The zero-order chi connectivity index (χ0) is 16.2. The van der Waals surface area contributed by atoms with E-state index in [4.69, 9.17) is 5.11 Å². The van der Waals surface area contributed by atoms with Crippen LogP contribution < -0.4 is 5.32 Å². The normalized spacial score (nSPS) is 13.8. The lowest BCUT2D eigenvalue weighted by Crippen LogP contribution is -2.48. The number of carboxylic acid groups (broad SMARTS) is 1. The molecule has 21 heavy (non-hydrogen) atoms. The molecule has 2 atom stereocenters. The fraction of sp³-hybridized carbons (Fsp3) is 0.500. The van der Waals surface area contributed by atoms with Crippen molar-refractivity contribution in [3.05, 3.63) is 29.3 Å². The van der Waals surface area contributed by atoms with E-state index in [1.54, 1.807) is 0 Å². The van der Waals surface area contributed by atoms with Gasteiger partial charge in [-0.15, -0.1) is 0 Å². The number of hydrogen-bond acceptors (Lipinski definition) is 4. The van der Waals surface area contributed by atoms with Crippen molar-refractivity contribution in [2.45, 2.75) is 39.3 Å². The maximum absolute atomic E-state index is 14.2. The molecule has 0 saturated carbocycles. The highest BCUT2D eigenvalue weighted by Gasteiger charge is 2.27. The summed E-state index contributed by atoms with van der Waals surface area (Å²) < 4.78 is 14.2. The first-order valence-corrected chi connectivity index (χ1v) is 6.59. The molecule has 0 aliphatic heterocycles. The maximum atomic E-state index is 14.2. The summed E-state index contributed by atoms with van der Waals surface area (Å²) in [6.07, 6.45) is 0.426. The number of pyridine rings is 1. The Bertz CT molecular complexity index is 532. The van der Waals surface area contributed by atoms with E-state index in [2.05, 4.69) is 10.3 Å². The Labute approximate surface area is 122 Å². The quantitative estimate of drug-likeness (QED) is 0.727. The second kappa shape index (κ2) is 7.12. The molecular weight excluding hydrogens is 279 g/mol. The van der Waals surface area contributed by atoms with Gasteiger partial charge in [-0.25, -0.2) is 14.2 Å². The smallest absolute Gasteiger partial charge is 0.328 e. The number of hydrogen-bond donors (Lipinski definition) is 3. The summed E-state index contributed by atoms with van der Waals surface area (Å²) >= 11 is 0. The first-order valence-electron chi connectivity index (χ1n) is 6.59. The summed E-state index contributed by atoms with van der Waals surface area (Å²) in [7, 11) is 0. The van der Waals surface area contributed by atoms with Crippen molar-refractivity contribution in [1.82, 2.24) is 10.3 Å². The van der Waals surface area contributed by atoms with Gasteiger partial charge >= 0.3 is 5.97 Å². The molecule has 0 aromatic carbocycles. The number of carboxylic acids is 1. The van der Waals surface area contributed by atoms with Crippen LogP contribution in [0.4, 0.5) is 4.39 Å². The molecule has 116 valence electrons. The van der Waals surface area contributed by atoms with Gasteiger partial charge in [-0.3, -0.25) is 4.79 Å². The van der Waals surface area contributed by atoms with E-state index in [1.165, 1.54) is 19.2 Å². The van der Waals surface area contributed by atoms with Crippen LogP contribution in [0, 0.1) is 11.7 Å². The number of carbonyl (C=O) groups is 2. The first-order chi connectivity index (χ1) is 9.73. The number of halogens is 1. The number of aliphatic carboxylic acids is 1. The lowest BCUT2D eigenvalue weighted by molar-refractivity contribution is -0.141. The van der Waals surface area contributed by atoms with Crippen molar-refractivity contribution >= 4 is 11.9 Å². The Balaban J connectivity index is 3.00. The number of nitrogens with zero attached hydrogens (tertiary/aromatic N) is 1. The van der Waals surface area contributed by atoms with Crippen LogP contribution in [0.3, 0.4) is 0 Å². The minimum atomic E-state index is -1.52. The zero-order valence-corrected chi connectivity index (χ0v) is 12.1. The lowest BCUT2D eigenvalue weighted by atomic mass is 10.0. The minimum absolute atomic E-state index is 0.196. The SMILES string of the molecule is CC(C)Cc1ccnc(C(=O)N[C@@H](C(=O)O)[C@H](C)O)c1F. The Morgan fingerprint density at radius 1 is 1.38 bits per heavy atom. The number of nitrogens with one attached hydrogen (secondary N) is 1. The predicted molar refractivity (Wildman–Crippen MR) is 73.3 cm³/mol. The monoisotopic (exact) mass is 298 g/mol. The van der Waals surface area contributed by atoms with E-state index in [0.29, 0.717) is 12.0 Å². The van der Waals surface area contributed by atoms with Gasteiger partial charge in [0.05, 0.1) is 6.10 Å². The third-order valence-corrected chi connectivity index (χ3v) is 2.85. The molecule has 1 amide bonds. The summed E-state index contributed by atoms with van der Waals surface area (Å²) in [5.74, 6) is -2.94. The number of rotatable bonds is 6. The Morgan fingerprint density at radius 2 is 2.00 bits per heavy atom. The van der Waals surface area contributed by atoms with E-state index in [1.807, 2.05) is 13.8 Å². The second-order valence-electron chi connectivity index (χ2n) is 5.26. The van der Waals surface area contributed by atoms with Crippen molar-refractivity contribution in [2.24, 2.45) is 5.92 Å². The molecule has 0 radical (unpaired) electrons. The standard InChI is InChI=1S/C14H19FN2O4/c1-7(2)6-9-4-5-16-12(10(9)15)13(19)17-11(8(3)18)14(20)21/h4-5,7-8,11,18H,6H2,1-3H3,(H,17,19)(H,20,21)/t8-,11+/m0/s1. The number of aliphatic hydroxyl groups excluding tert-OH is 1. The van der Waals surface area contributed by atoms with Crippen molar-refractivity contribution < 1.29 is 24.2 Å². The summed E-state index contributed by atoms with van der Waals surface area (Å²) in [6.45, 7) is 5.04. The molecule has 1 aromatic rings. The van der Waals surface area contributed by atoms with Crippen LogP contribution in [0.25, 0.3) is 0 Å². The summed E-state index contributed by atoms with van der Waals surface area (Å²) in [6, 6.07) is -0.0393. The van der Waals surface area contributed by atoms with Crippen LogP contribution >= 0.6 is 0 Å². The number of aromatic nitrogens is 1. The second-order valence-corrected chi connectivity index (χ2v) is 5.26. The van der Waals surface area contributed by atoms with Gasteiger partial charge in [0.2, 0.25) is 0 Å². The molecule has 6 nitrogen and oxygen atoms in total. The van der Waals surface area contributed by atoms with E-state index in [9.17, 15) is 19.1 Å². The molecule has 1 rings (SSSR count). The highest BCUT2D eigenvalue weighted by molar-refractivity contribution is 5.95. The molecule has 1 heterocycles. The molecule has 0 fully saturated rings. The fourth-order valence-corrected chi connectivity index (χ4v) is 1.84. The Hall–Kier alpha value is -2.02. The van der Waals surface area contributed by atoms with Crippen LogP contribution in [-0.2, 0) is 11.2 Å². The van der Waals surface area contributed by atoms with E-state index < -0.39 is 35.5 Å². The average molecular weight is 298 g/mol. The van der Waals surface area contributed by atoms with Crippen molar-refractivity contribution in [2.75, 3.05) is 0 Å². The van der Waals surface area contributed by atoms with Crippen LogP contribution in [0.1, 0.15) is 36.8 Å². The topological polar surface area (TPSA) is 99.5 Å². The lowest BCUT2D eigenvalue weighted by Gasteiger charge is -2.17. The van der Waals surface area contributed by atoms with Crippen LogP contribution in [0.2, 0.25) is 0 Å². The Kier molecular flexibility index (Phi) is 5.78. The highest BCUT2D eigenvalue weighted by atomic mass is 19.1. The van der Waals surface area contributed by atoms with Gasteiger partial charge in [-0.05, 0) is 30.9 Å². The molecule has 0 aliphatic rings. The highest BCUT2D eigenvalue weighted by Crippen LogP contribution is 2.15. The molecule has 0 saturated heterocycles. The largest absolute Gasteiger partial charge is 0.480 e. The van der Waals surface area contributed by atoms with Gasteiger partial charge in [0.15, 0.2) is 17.6 Å². The van der Waals surface area contributed by atoms with Gasteiger partial charge in [0, 0.05) is 6.20 Å². The predicted octanol–water partition coefficient (Wildman–Crippen LogP) is 0.983. The average Bonchev–Trinajstić information content (AvgIpc) is 2.36. The molecule has 7 heteroatoms. The summed E-state index contributed by atoms with van der Waals surface area (Å²) in [4.78, 5) is 26.5. The third-order valence-electron chi connectivity index (χ3n) is 2.85. The molecule has 0 aliphatic carbocycles. The van der Waals surface area contributed by atoms with E-state index in [-0.39, 0.29) is 5.92 Å². The Morgan fingerprint density at radius 3 is 2.48 bits per heavy atom. The molecule has 0 spiro atoms. The first kappa shape index (κ1) is 17.0. The molecular formula is C14H19FN2O4. The molecule has 0 bridgehead atoms. The number of aliphatic hydroxyl groups is 1. The maximum Gasteiger partial charge on any atom is 0.328 e. The van der Waals surface area contributed by atoms with E-state index in [0.717, 1.165) is 0 Å². The molecule has 0 unspecified atom stereocenters. The summed E-state index contributed by atoms with van der Waals surface area (Å²) in [5, 5.41) is 20.3. The van der Waals surface area contributed by atoms with Crippen LogP contribution in [0.5, 0.6) is 0 Å². The van der Waals surface area contributed by atoms with Crippen LogP contribution in [-0.4, -0.2) is 39.2 Å². The van der Waals surface area contributed by atoms with Gasteiger partial charge in [0.1, 0.15) is 0 Å². The van der Waals surface area contributed by atoms with Gasteiger partial charge in [0.25, 0.3) is 5.91 Å².